The number of carbonyl (C=O) groups excluding carboxylic acids is 1. The second kappa shape index (κ2) is 10.3. The van der Waals surface area contributed by atoms with Gasteiger partial charge in [-0.3, -0.25) is 10.2 Å². The number of benzene rings is 2. The van der Waals surface area contributed by atoms with Gasteiger partial charge in [0.25, 0.3) is 5.91 Å². The number of amidine groups is 2. The van der Waals surface area contributed by atoms with E-state index in [1.807, 2.05) is 31.2 Å². The molecule has 0 spiro atoms. The van der Waals surface area contributed by atoms with Gasteiger partial charge in [0.05, 0.1) is 5.57 Å². The van der Waals surface area contributed by atoms with E-state index in [1.54, 1.807) is 6.08 Å². The smallest absolute Gasteiger partial charge is 0.283 e. The highest BCUT2D eigenvalue weighted by Gasteiger charge is 2.35. The van der Waals surface area contributed by atoms with E-state index in [0.717, 1.165) is 28.3 Å². The molecule has 2 aromatic rings. The lowest BCUT2D eigenvalue weighted by Gasteiger charge is -2.20. The van der Waals surface area contributed by atoms with Crippen LogP contribution in [0.3, 0.4) is 0 Å². The lowest BCUT2D eigenvalue weighted by atomic mass is 10.0. The van der Waals surface area contributed by atoms with Gasteiger partial charge in [-0.1, -0.05) is 45.0 Å². The van der Waals surface area contributed by atoms with Crippen molar-refractivity contribution in [3.63, 3.8) is 0 Å². The Morgan fingerprint density at radius 3 is 2.56 bits per heavy atom. The maximum Gasteiger partial charge on any atom is 0.283 e. The summed E-state index contributed by atoms with van der Waals surface area (Å²) in [4.78, 5) is 16.6. The minimum atomic E-state index is -0.425. The molecule has 0 aliphatic carbocycles. The minimum absolute atomic E-state index is 0.0420. The molecule has 2 aliphatic rings. The van der Waals surface area contributed by atoms with Crippen LogP contribution in [0.2, 0.25) is 0 Å². The SMILES string of the molecule is CCC1=NN2C(=N)/C(=C/c3ccc(OCCOc4cc(C)ccc4C(C)C)cc3)C(=O)N=C2S1. The van der Waals surface area contributed by atoms with Gasteiger partial charge in [-0.15, -0.1) is 0 Å². The standard InChI is InChI=1S/C26H28N4O3S/c1-5-23-29-30-24(27)21(25(31)28-26(30)34-23)15-18-7-9-19(10-8-18)32-12-13-33-22-14-17(4)6-11-20(22)16(2)3/h6-11,14-16,27H,5,12-13H2,1-4H3/b21-15-,27-24?. The third-order valence-electron chi connectivity index (χ3n) is 5.39. The molecule has 0 saturated carbocycles. The number of thioether (sulfide) groups is 1. The van der Waals surface area contributed by atoms with Crippen LogP contribution in [-0.4, -0.2) is 40.2 Å². The number of carbonyl (C=O) groups is 1. The number of amides is 1. The molecule has 0 bridgehead atoms. The van der Waals surface area contributed by atoms with Gasteiger partial charge < -0.3 is 9.47 Å². The second-order valence-corrected chi connectivity index (χ2v) is 9.37. The molecule has 1 amide bonds. The number of hydrazone groups is 1. The molecular weight excluding hydrogens is 448 g/mol. The summed E-state index contributed by atoms with van der Waals surface area (Å²) >= 11 is 1.33. The van der Waals surface area contributed by atoms with Gasteiger partial charge in [0.2, 0.25) is 5.17 Å². The number of hydrogen-bond donors (Lipinski definition) is 1. The van der Waals surface area contributed by atoms with Crippen LogP contribution in [0.5, 0.6) is 11.5 Å². The average molecular weight is 477 g/mol. The molecule has 34 heavy (non-hydrogen) atoms. The van der Waals surface area contributed by atoms with Gasteiger partial charge in [0.15, 0.2) is 5.84 Å². The number of rotatable bonds is 8. The molecule has 0 fully saturated rings. The first kappa shape index (κ1) is 23.8. The summed E-state index contributed by atoms with van der Waals surface area (Å²) in [6, 6.07) is 13.6. The highest BCUT2D eigenvalue weighted by atomic mass is 32.2. The molecule has 1 N–H and O–H groups in total. The molecule has 2 aliphatic heterocycles. The number of fused-ring (bicyclic) bond motifs is 1. The largest absolute Gasteiger partial charge is 0.490 e. The van der Waals surface area contributed by atoms with Crippen molar-refractivity contribution in [2.24, 2.45) is 10.1 Å². The van der Waals surface area contributed by atoms with Crippen LogP contribution in [-0.2, 0) is 4.79 Å². The van der Waals surface area contributed by atoms with E-state index < -0.39 is 5.91 Å². The van der Waals surface area contributed by atoms with Crippen molar-refractivity contribution in [3.05, 3.63) is 64.7 Å². The van der Waals surface area contributed by atoms with Gasteiger partial charge in [-0.25, -0.2) is 0 Å². The minimum Gasteiger partial charge on any atom is -0.490 e. The lowest BCUT2D eigenvalue weighted by molar-refractivity contribution is -0.114. The van der Waals surface area contributed by atoms with Gasteiger partial charge in [0.1, 0.15) is 29.8 Å². The molecule has 0 unspecified atom stereocenters. The van der Waals surface area contributed by atoms with Gasteiger partial charge in [0, 0.05) is 0 Å². The summed E-state index contributed by atoms with van der Waals surface area (Å²) in [6.45, 7) is 9.19. The van der Waals surface area contributed by atoms with E-state index in [1.165, 1.54) is 22.3 Å². The Hall–Kier alpha value is -3.39. The molecular formula is C26H28N4O3S. The molecule has 7 nitrogen and oxygen atoms in total. The van der Waals surface area contributed by atoms with Crippen molar-refractivity contribution in [1.29, 1.82) is 5.41 Å². The molecule has 0 atom stereocenters. The lowest BCUT2D eigenvalue weighted by Crippen LogP contribution is -2.35. The van der Waals surface area contributed by atoms with E-state index in [2.05, 4.69) is 49.1 Å². The van der Waals surface area contributed by atoms with Crippen molar-refractivity contribution in [2.75, 3.05) is 13.2 Å². The highest BCUT2D eigenvalue weighted by Crippen LogP contribution is 2.30. The van der Waals surface area contributed by atoms with Crippen LogP contribution >= 0.6 is 11.8 Å². The molecule has 176 valence electrons. The Balaban J connectivity index is 1.36. The Labute approximate surface area is 204 Å². The first-order chi connectivity index (χ1) is 16.4. The summed E-state index contributed by atoms with van der Waals surface area (Å²) in [5.41, 5.74) is 3.35. The van der Waals surface area contributed by atoms with Crippen LogP contribution in [0.15, 0.2) is 58.1 Å². The van der Waals surface area contributed by atoms with Crippen molar-refractivity contribution in [3.8, 4) is 11.5 Å². The molecule has 8 heteroatoms. The van der Waals surface area contributed by atoms with Crippen molar-refractivity contribution < 1.29 is 14.3 Å². The summed E-state index contributed by atoms with van der Waals surface area (Å²) in [7, 11) is 0. The summed E-state index contributed by atoms with van der Waals surface area (Å²) in [5.74, 6) is 1.61. The number of nitrogens with zero attached hydrogens (tertiary/aromatic N) is 3. The van der Waals surface area contributed by atoms with Gasteiger partial charge >= 0.3 is 0 Å². The monoisotopic (exact) mass is 476 g/mol. The number of nitrogens with one attached hydrogen (secondary N) is 1. The zero-order valence-electron chi connectivity index (χ0n) is 19.8. The van der Waals surface area contributed by atoms with E-state index >= 15 is 0 Å². The van der Waals surface area contributed by atoms with Crippen molar-refractivity contribution >= 4 is 39.8 Å². The zero-order valence-corrected chi connectivity index (χ0v) is 20.6. The molecule has 4 rings (SSSR count). The van der Waals surface area contributed by atoms with E-state index in [-0.39, 0.29) is 11.4 Å². The van der Waals surface area contributed by atoms with Crippen LogP contribution in [0.4, 0.5) is 0 Å². The van der Waals surface area contributed by atoms with Crippen molar-refractivity contribution in [2.45, 2.75) is 40.0 Å². The quantitative estimate of drug-likeness (QED) is 0.395. The highest BCUT2D eigenvalue weighted by molar-refractivity contribution is 8.26. The third kappa shape index (κ3) is 5.22. The van der Waals surface area contributed by atoms with Gasteiger partial charge in [-0.05, 0) is 72.0 Å². The Bertz CT molecular complexity index is 1200. The number of aliphatic imine (C=N–C) groups is 1. The maximum absolute atomic E-state index is 12.5. The van der Waals surface area contributed by atoms with Crippen LogP contribution in [0.25, 0.3) is 6.08 Å². The Kier molecular flexibility index (Phi) is 7.17. The topological polar surface area (TPSA) is 87.3 Å². The molecule has 2 aromatic carbocycles. The van der Waals surface area contributed by atoms with Crippen molar-refractivity contribution in [1.82, 2.24) is 5.01 Å². The zero-order chi connectivity index (χ0) is 24.2. The number of hydrogen-bond acceptors (Lipinski definition) is 6. The second-order valence-electron chi connectivity index (χ2n) is 8.33. The predicted molar refractivity (Wildman–Crippen MR) is 138 cm³/mol. The van der Waals surface area contributed by atoms with E-state index in [0.29, 0.717) is 30.0 Å². The van der Waals surface area contributed by atoms with Crippen LogP contribution in [0, 0.1) is 12.3 Å². The fourth-order valence-corrected chi connectivity index (χ4v) is 4.38. The first-order valence-corrected chi connectivity index (χ1v) is 12.1. The van der Waals surface area contributed by atoms with Crippen LogP contribution in [0.1, 0.15) is 49.8 Å². The summed E-state index contributed by atoms with van der Waals surface area (Å²) < 4.78 is 11.8. The molecule has 0 aromatic heterocycles. The van der Waals surface area contributed by atoms with Crippen LogP contribution < -0.4 is 9.47 Å². The van der Waals surface area contributed by atoms with Gasteiger partial charge in [-0.2, -0.15) is 15.1 Å². The van der Waals surface area contributed by atoms with E-state index in [4.69, 9.17) is 14.9 Å². The summed E-state index contributed by atoms with van der Waals surface area (Å²) in [5, 5.41) is 15.5. The third-order valence-corrected chi connectivity index (χ3v) is 6.44. The molecule has 2 heterocycles. The average Bonchev–Trinajstić information content (AvgIpc) is 3.23. The fourth-order valence-electron chi connectivity index (χ4n) is 3.56. The number of aryl methyl sites for hydroxylation is 1. The fraction of sp³-hybridized carbons (Fsp3) is 0.308. The maximum atomic E-state index is 12.5. The Morgan fingerprint density at radius 2 is 1.85 bits per heavy atom. The molecule has 0 radical (unpaired) electrons. The molecule has 0 saturated heterocycles. The summed E-state index contributed by atoms with van der Waals surface area (Å²) in [6.07, 6.45) is 2.39. The first-order valence-electron chi connectivity index (χ1n) is 11.3. The Morgan fingerprint density at radius 1 is 1.12 bits per heavy atom. The predicted octanol–water partition coefficient (Wildman–Crippen LogP) is 5.61. The van der Waals surface area contributed by atoms with E-state index in [9.17, 15) is 4.79 Å². The number of ether oxygens (including phenoxy) is 2. The normalized spacial score (nSPS) is 16.6.